The zero-order chi connectivity index (χ0) is 12.1. The van der Waals surface area contributed by atoms with Gasteiger partial charge in [-0.15, -0.1) is 6.58 Å². The van der Waals surface area contributed by atoms with Crippen molar-refractivity contribution in [2.75, 3.05) is 0 Å². The standard InChI is InChI=1S/C14H26O/c1-7-13(5,14(6,15)8-2)11-9-10-12(3)4/h7,10,15H,1,8-9,11H2,2-6H3. The van der Waals surface area contributed by atoms with Gasteiger partial charge in [0.25, 0.3) is 0 Å². The largest absolute Gasteiger partial charge is 0.389 e. The Kier molecular flexibility index (Phi) is 5.30. The lowest BCUT2D eigenvalue weighted by molar-refractivity contribution is -0.0411. The van der Waals surface area contributed by atoms with Gasteiger partial charge in [-0.1, -0.05) is 31.6 Å². The van der Waals surface area contributed by atoms with Gasteiger partial charge in [0.2, 0.25) is 0 Å². The topological polar surface area (TPSA) is 20.2 Å². The summed E-state index contributed by atoms with van der Waals surface area (Å²) in [6.45, 7) is 14.1. The third-order valence-corrected chi connectivity index (χ3v) is 3.59. The number of allylic oxidation sites excluding steroid dienone is 2. The fourth-order valence-corrected chi connectivity index (χ4v) is 1.66. The Morgan fingerprint density at radius 3 is 2.20 bits per heavy atom. The minimum atomic E-state index is -0.662. The molecule has 0 aromatic carbocycles. The predicted molar refractivity (Wildman–Crippen MR) is 67.9 cm³/mol. The lowest BCUT2D eigenvalue weighted by atomic mass is 9.70. The molecule has 0 aliphatic rings. The summed E-state index contributed by atoms with van der Waals surface area (Å²) in [4.78, 5) is 0. The fraction of sp³-hybridized carbons (Fsp3) is 0.714. The van der Waals surface area contributed by atoms with Gasteiger partial charge in [-0.2, -0.15) is 0 Å². The van der Waals surface area contributed by atoms with E-state index in [2.05, 4.69) is 33.4 Å². The second-order valence-corrected chi connectivity index (χ2v) is 5.07. The van der Waals surface area contributed by atoms with Crippen molar-refractivity contribution < 1.29 is 5.11 Å². The maximum Gasteiger partial charge on any atom is 0.0704 e. The van der Waals surface area contributed by atoms with Crippen molar-refractivity contribution >= 4 is 0 Å². The van der Waals surface area contributed by atoms with Crippen LogP contribution >= 0.6 is 0 Å². The number of aliphatic hydroxyl groups is 1. The summed E-state index contributed by atoms with van der Waals surface area (Å²) in [5.74, 6) is 0. The highest BCUT2D eigenvalue weighted by Crippen LogP contribution is 2.39. The Hall–Kier alpha value is -0.560. The molecule has 0 bridgehead atoms. The smallest absolute Gasteiger partial charge is 0.0704 e. The van der Waals surface area contributed by atoms with Gasteiger partial charge < -0.3 is 5.11 Å². The van der Waals surface area contributed by atoms with E-state index in [0.717, 1.165) is 19.3 Å². The third kappa shape index (κ3) is 3.83. The Bertz CT molecular complexity index is 234. The van der Waals surface area contributed by atoms with Crippen LogP contribution in [0.1, 0.15) is 53.9 Å². The molecule has 0 spiro atoms. The van der Waals surface area contributed by atoms with Crippen LogP contribution in [0.25, 0.3) is 0 Å². The minimum absolute atomic E-state index is 0.201. The molecule has 1 heteroatoms. The van der Waals surface area contributed by atoms with Crippen LogP contribution in [0.5, 0.6) is 0 Å². The van der Waals surface area contributed by atoms with E-state index in [0.29, 0.717) is 0 Å². The molecule has 0 saturated heterocycles. The van der Waals surface area contributed by atoms with Crippen LogP contribution in [0.4, 0.5) is 0 Å². The molecule has 0 heterocycles. The van der Waals surface area contributed by atoms with Crippen LogP contribution in [0.15, 0.2) is 24.3 Å². The molecule has 15 heavy (non-hydrogen) atoms. The summed E-state index contributed by atoms with van der Waals surface area (Å²) in [5.41, 5.74) is 0.468. The first kappa shape index (κ1) is 14.4. The lowest BCUT2D eigenvalue weighted by Gasteiger charge is -2.40. The molecule has 0 rings (SSSR count). The Labute approximate surface area is 94.9 Å². The molecule has 0 fully saturated rings. The number of hydrogen-bond acceptors (Lipinski definition) is 1. The van der Waals surface area contributed by atoms with Crippen molar-refractivity contribution in [3.63, 3.8) is 0 Å². The molecule has 0 aromatic heterocycles. The molecule has 2 unspecified atom stereocenters. The highest BCUT2D eigenvalue weighted by atomic mass is 16.3. The van der Waals surface area contributed by atoms with Crippen molar-refractivity contribution in [1.29, 1.82) is 0 Å². The lowest BCUT2D eigenvalue weighted by Crippen LogP contribution is -2.41. The maximum absolute atomic E-state index is 10.3. The molecule has 88 valence electrons. The first-order chi connectivity index (χ1) is 6.79. The SMILES string of the molecule is C=CC(C)(CCC=C(C)C)C(C)(O)CC. The van der Waals surface area contributed by atoms with Crippen molar-refractivity contribution in [1.82, 2.24) is 0 Å². The van der Waals surface area contributed by atoms with Gasteiger partial charge in [0.15, 0.2) is 0 Å². The molecule has 0 amide bonds. The highest BCUT2D eigenvalue weighted by molar-refractivity contribution is 5.05. The first-order valence-corrected chi connectivity index (χ1v) is 5.78. The van der Waals surface area contributed by atoms with Crippen LogP contribution in [0, 0.1) is 5.41 Å². The van der Waals surface area contributed by atoms with Crippen molar-refractivity contribution in [2.24, 2.45) is 5.41 Å². The first-order valence-electron chi connectivity index (χ1n) is 5.78. The second kappa shape index (κ2) is 5.50. The molecule has 0 aliphatic carbocycles. The molecular weight excluding hydrogens is 184 g/mol. The van der Waals surface area contributed by atoms with E-state index in [9.17, 15) is 5.11 Å². The third-order valence-electron chi connectivity index (χ3n) is 3.59. The molecule has 0 aromatic rings. The molecule has 0 aliphatic heterocycles. The van der Waals surface area contributed by atoms with Gasteiger partial charge in [0, 0.05) is 5.41 Å². The van der Waals surface area contributed by atoms with E-state index in [1.165, 1.54) is 5.57 Å². The van der Waals surface area contributed by atoms with Crippen LogP contribution in [-0.2, 0) is 0 Å². The van der Waals surface area contributed by atoms with E-state index >= 15 is 0 Å². The minimum Gasteiger partial charge on any atom is -0.389 e. The molecule has 1 nitrogen and oxygen atoms in total. The zero-order valence-corrected chi connectivity index (χ0v) is 10.9. The van der Waals surface area contributed by atoms with Gasteiger partial charge in [-0.3, -0.25) is 0 Å². The monoisotopic (exact) mass is 210 g/mol. The van der Waals surface area contributed by atoms with E-state index in [1.54, 1.807) is 0 Å². The van der Waals surface area contributed by atoms with Gasteiger partial charge >= 0.3 is 0 Å². The summed E-state index contributed by atoms with van der Waals surface area (Å²) in [7, 11) is 0. The summed E-state index contributed by atoms with van der Waals surface area (Å²) >= 11 is 0. The second-order valence-electron chi connectivity index (χ2n) is 5.07. The summed E-state index contributed by atoms with van der Waals surface area (Å²) in [5, 5.41) is 10.3. The summed E-state index contributed by atoms with van der Waals surface area (Å²) < 4.78 is 0. The molecule has 1 N–H and O–H groups in total. The van der Waals surface area contributed by atoms with Crippen molar-refractivity contribution in [3.05, 3.63) is 24.3 Å². The maximum atomic E-state index is 10.3. The highest BCUT2D eigenvalue weighted by Gasteiger charge is 2.38. The Morgan fingerprint density at radius 1 is 1.33 bits per heavy atom. The van der Waals surface area contributed by atoms with Gasteiger partial charge in [0.05, 0.1) is 5.60 Å². The van der Waals surface area contributed by atoms with Crippen LogP contribution < -0.4 is 0 Å². The van der Waals surface area contributed by atoms with Crippen molar-refractivity contribution in [3.8, 4) is 0 Å². The van der Waals surface area contributed by atoms with Gasteiger partial charge in [-0.05, 0) is 40.0 Å². The summed E-state index contributed by atoms with van der Waals surface area (Å²) in [6.07, 6.45) is 6.82. The number of rotatable bonds is 6. The average molecular weight is 210 g/mol. The Morgan fingerprint density at radius 2 is 1.87 bits per heavy atom. The van der Waals surface area contributed by atoms with E-state index in [1.807, 2.05) is 19.9 Å². The fourth-order valence-electron chi connectivity index (χ4n) is 1.66. The summed E-state index contributed by atoms with van der Waals surface area (Å²) in [6, 6.07) is 0. The van der Waals surface area contributed by atoms with Crippen molar-refractivity contribution in [2.45, 2.75) is 59.5 Å². The van der Waals surface area contributed by atoms with Crippen LogP contribution in [-0.4, -0.2) is 10.7 Å². The zero-order valence-electron chi connectivity index (χ0n) is 10.9. The molecule has 0 saturated carbocycles. The van der Waals surface area contributed by atoms with E-state index < -0.39 is 5.60 Å². The normalized spacial score (nSPS) is 18.8. The number of hydrogen-bond donors (Lipinski definition) is 1. The van der Waals surface area contributed by atoms with Gasteiger partial charge in [-0.25, -0.2) is 0 Å². The van der Waals surface area contributed by atoms with Gasteiger partial charge in [0.1, 0.15) is 0 Å². The molecule has 2 atom stereocenters. The Balaban J connectivity index is 4.58. The quantitative estimate of drug-likeness (QED) is 0.655. The van der Waals surface area contributed by atoms with E-state index in [-0.39, 0.29) is 5.41 Å². The average Bonchev–Trinajstić information content (AvgIpc) is 2.16. The van der Waals surface area contributed by atoms with E-state index in [4.69, 9.17) is 0 Å². The predicted octanol–water partition coefficient (Wildman–Crippen LogP) is 4.09. The van der Waals surface area contributed by atoms with Crippen LogP contribution in [0.2, 0.25) is 0 Å². The molecule has 0 radical (unpaired) electrons. The molecular formula is C14H26O. The van der Waals surface area contributed by atoms with Crippen LogP contribution in [0.3, 0.4) is 0 Å².